The molecule has 120 valence electrons. The van der Waals surface area contributed by atoms with Gasteiger partial charge in [-0.15, -0.1) is 0 Å². The summed E-state index contributed by atoms with van der Waals surface area (Å²) < 4.78 is 15.8. The summed E-state index contributed by atoms with van der Waals surface area (Å²) in [4.78, 5) is 11.5. The van der Waals surface area contributed by atoms with Gasteiger partial charge in [-0.25, -0.2) is 0 Å². The van der Waals surface area contributed by atoms with Gasteiger partial charge < -0.3 is 25.3 Å². The van der Waals surface area contributed by atoms with Crippen LogP contribution in [0.4, 0.5) is 0 Å². The molecule has 0 saturated heterocycles. The topological polar surface area (TPSA) is 82.8 Å². The van der Waals surface area contributed by atoms with Gasteiger partial charge in [-0.1, -0.05) is 13.8 Å². The van der Waals surface area contributed by atoms with Crippen molar-refractivity contribution in [2.75, 3.05) is 46.2 Å². The van der Waals surface area contributed by atoms with Gasteiger partial charge >= 0.3 is 0 Å². The molecule has 0 radical (unpaired) electrons. The van der Waals surface area contributed by atoms with Gasteiger partial charge in [0.25, 0.3) is 0 Å². The highest BCUT2D eigenvalue weighted by Gasteiger charge is 2.10. The molecule has 0 aliphatic rings. The molecular weight excluding hydrogens is 260 g/mol. The van der Waals surface area contributed by atoms with Crippen LogP contribution < -0.4 is 11.1 Å². The fraction of sp³-hybridized carbons (Fsp3) is 0.929. The standard InChI is InChI=1S/C14H30N2O4/c1-12(2)13(3)16-14(17)4-6-18-8-10-20-11-9-19-7-5-15/h12-13H,4-11,15H2,1-3H3,(H,16,17). The molecule has 0 aliphatic heterocycles. The van der Waals surface area contributed by atoms with Gasteiger partial charge in [0.2, 0.25) is 5.91 Å². The largest absolute Gasteiger partial charge is 0.379 e. The number of nitrogens with two attached hydrogens (primary N) is 1. The fourth-order valence-electron chi connectivity index (χ4n) is 1.28. The number of ether oxygens (including phenoxy) is 3. The number of hydrogen-bond acceptors (Lipinski definition) is 5. The molecule has 6 heteroatoms. The Balaban J connectivity index is 3.25. The van der Waals surface area contributed by atoms with E-state index in [1.807, 2.05) is 6.92 Å². The van der Waals surface area contributed by atoms with Crippen molar-refractivity contribution < 1.29 is 19.0 Å². The third kappa shape index (κ3) is 12.3. The van der Waals surface area contributed by atoms with Crippen molar-refractivity contribution in [1.29, 1.82) is 0 Å². The van der Waals surface area contributed by atoms with E-state index in [4.69, 9.17) is 19.9 Å². The van der Waals surface area contributed by atoms with Gasteiger partial charge in [-0.2, -0.15) is 0 Å². The van der Waals surface area contributed by atoms with Crippen LogP contribution in [0.5, 0.6) is 0 Å². The first kappa shape index (κ1) is 19.3. The highest BCUT2D eigenvalue weighted by atomic mass is 16.5. The Kier molecular flexibility index (Phi) is 12.8. The maximum absolute atomic E-state index is 11.5. The van der Waals surface area contributed by atoms with Crippen LogP contribution in [0.3, 0.4) is 0 Å². The lowest BCUT2D eigenvalue weighted by Crippen LogP contribution is -2.36. The molecule has 20 heavy (non-hydrogen) atoms. The maximum Gasteiger partial charge on any atom is 0.222 e. The average molecular weight is 290 g/mol. The summed E-state index contributed by atoms with van der Waals surface area (Å²) in [5, 5.41) is 2.93. The van der Waals surface area contributed by atoms with E-state index in [0.717, 1.165) is 0 Å². The Morgan fingerprint density at radius 3 is 1.95 bits per heavy atom. The van der Waals surface area contributed by atoms with Crippen molar-refractivity contribution >= 4 is 5.91 Å². The van der Waals surface area contributed by atoms with E-state index in [1.165, 1.54) is 0 Å². The second-order valence-corrected chi connectivity index (χ2v) is 4.98. The minimum absolute atomic E-state index is 0.0299. The minimum atomic E-state index is 0.0299. The maximum atomic E-state index is 11.5. The zero-order chi connectivity index (χ0) is 15.2. The highest BCUT2D eigenvalue weighted by molar-refractivity contribution is 5.76. The van der Waals surface area contributed by atoms with Crippen LogP contribution >= 0.6 is 0 Å². The summed E-state index contributed by atoms with van der Waals surface area (Å²) >= 11 is 0. The number of carbonyl (C=O) groups excluding carboxylic acids is 1. The van der Waals surface area contributed by atoms with Crippen molar-refractivity contribution in [1.82, 2.24) is 5.32 Å². The lowest BCUT2D eigenvalue weighted by molar-refractivity contribution is -0.123. The van der Waals surface area contributed by atoms with Gasteiger partial charge in [0.05, 0.1) is 39.6 Å². The van der Waals surface area contributed by atoms with Gasteiger partial charge in [0, 0.05) is 19.0 Å². The van der Waals surface area contributed by atoms with Gasteiger partial charge in [-0.05, 0) is 12.8 Å². The second kappa shape index (κ2) is 13.3. The van der Waals surface area contributed by atoms with Crippen LogP contribution in [0.2, 0.25) is 0 Å². The van der Waals surface area contributed by atoms with E-state index in [2.05, 4.69) is 19.2 Å². The van der Waals surface area contributed by atoms with Crippen LogP contribution in [0.1, 0.15) is 27.2 Å². The lowest BCUT2D eigenvalue weighted by Gasteiger charge is -2.17. The number of carbonyl (C=O) groups is 1. The molecule has 6 nitrogen and oxygen atoms in total. The molecule has 1 amide bonds. The Hall–Kier alpha value is -0.690. The summed E-state index contributed by atoms with van der Waals surface area (Å²) in [5.74, 6) is 0.470. The number of amides is 1. The molecule has 1 atom stereocenters. The third-order valence-corrected chi connectivity index (χ3v) is 2.87. The van der Waals surface area contributed by atoms with Crippen molar-refractivity contribution in [2.24, 2.45) is 11.7 Å². The summed E-state index contributed by atoms with van der Waals surface area (Å²) in [6, 6.07) is 0.194. The predicted octanol–water partition coefficient (Wildman–Crippen LogP) is 0.546. The van der Waals surface area contributed by atoms with E-state index in [-0.39, 0.29) is 11.9 Å². The Labute approximate surface area is 122 Å². The molecule has 0 spiro atoms. The normalized spacial score (nSPS) is 12.7. The predicted molar refractivity (Wildman–Crippen MR) is 78.6 cm³/mol. The van der Waals surface area contributed by atoms with Crippen LogP contribution in [0, 0.1) is 5.92 Å². The van der Waals surface area contributed by atoms with Crippen LogP contribution in [0.15, 0.2) is 0 Å². The summed E-state index contributed by atoms with van der Waals surface area (Å²) in [7, 11) is 0. The van der Waals surface area contributed by atoms with E-state index in [1.54, 1.807) is 0 Å². The highest BCUT2D eigenvalue weighted by Crippen LogP contribution is 1.99. The zero-order valence-corrected chi connectivity index (χ0v) is 13.0. The zero-order valence-electron chi connectivity index (χ0n) is 13.0. The SMILES string of the molecule is CC(C)C(C)NC(=O)CCOCCOCCOCCN. The van der Waals surface area contributed by atoms with E-state index in [9.17, 15) is 4.79 Å². The van der Waals surface area contributed by atoms with Gasteiger partial charge in [-0.3, -0.25) is 4.79 Å². The first-order valence-corrected chi connectivity index (χ1v) is 7.30. The molecule has 0 heterocycles. The third-order valence-electron chi connectivity index (χ3n) is 2.87. The van der Waals surface area contributed by atoms with Crippen molar-refractivity contribution in [3.63, 3.8) is 0 Å². The van der Waals surface area contributed by atoms with Crippen LogP contribution in [-0.4, -0.2) is 58.1 Å². The lowest BCUT2D eigenvalue weighted by atomic mass is 10.1. The van der Waals surface area contributed by atoms with Crippen molar-refractivity contribution in [3.05, 3.63) is 0 Å². The molecule has 3 N–H and O–H groups in total. The van der Waals surface area contributed by atoms with Crippen molar-refractivity contribution in [2.45, 2.75) is 33.2 Å². The molecule has 0 rings (SSSR count). The molecule has 0 aromatic rings. The molecule has 0 bridgehead atoms. The monoisotopic (exact) mass is 290 g/mol. The van der Waals surface area contributed by atoms with E-state index >= 15 is 0 Å². The Morgan fingerprint density at radius 2 is 1.45 bits per heavy atom. The summed E-state index contributed by atoms with van der Waals surface area (Å²) in [6.45, 7) is 9.76. The molecule has 0 fully saturated rings. The second-order valence-electron chi connectivity index (χ2n) is 4.98. The van der Waals surface area contributed by atoms with Crippen LogP contribution in [-0.2, 0) is 19.0 Å². The Morgan fingerprint density at radius 1 is 0.950 bits per heavy atom. The number of rotatable bonds is 13. The first-order chi connectivity index (χ1) is 9.57. The summed E-state index contributed by atoms with van der Waals surface area (Å²) in [6.07, 6.45) is 0.386. The minimum Gasteiger partial charge on any atom is -0.379 e. The van der Waals surface area contributed by atoms with Gasteiger partial charge in [0.1, 0.15) is 0 Å². The first-order valence-electron chi connectivity index (χ1n) is 7.30. The Bertz CT molecular complexity index is 237. The van der Waals surface area contributed by atoms with Gasteiger partial charge in [0.15, 0.2) is 0 Å². The van der Waals surface area contributed by atoms with E-state index in [0.29, 0.717) is 58.5 Å². The fourth-order valence-corrected chi connectivity index (χ4v) is 1.28. The summed E-state index contributed by atoms with van der Waals surface area (Å²) in [5.41, 5.74) is 5.28. The molecule has 0 aromatic heterocycles. The number of nitrogens with one attached hydrogen (secondary N) is 1. The molecule has 0 saturated carbocycles. The number of hydrogen-bond donors (Lipinski definition) is 2. The van der Waals surface area contributed by atoms with Crippen LogP contribution in [0.25, 0.3) is 0 Å². The van der Waals surface area contributed by atoms with E-state index < -0.39 is 0 Å². The molecule has 0 aromatic carbocycles. The smallest absolute Gasteiger partial charge is 0.222 e. The quantitative estimate of drug-likeness (QED) is 0.484. The molecule has 1 unspecified atom stereocenters. The van der Waals surface area contributed by atoms with Crippen molar-refractivity contribution in [3.8, 4) is 0 Å². The molecular formula is C14H30N2O4. The molecule has 0 aliphatic carbocycles. The average Bonchev–Trinajstić information content (AvgIpc) is 2.40.